The summed E-state index contributed by atoms with van der Waals surface area (Å²) < 4.78 is 29.9. The standard InChI is InChI=1S/C12H23N3O2SSi/c1-12(2,3)19(4,5)14-18(16,17)11-9-13-15-8-6-7-10(11)15/h9,14H,6-8H2,1-5H3. The van der Waals surface area contributed by atoms with Crippen molar-refractivity contribution in [2.45, 2.75) is 63.2 Å². The summed E-state index contributed by atoms with van der Waals surface area (Å²) in [6.07, 6.45) is 3.27. The van der Waals surface area contributed by atoms with E-state index in [0.717, 1.165) is 25.1 Å². The molecule has 0 unspecified atom stereocenters. The second-order valence-corrected chi connectivity index (χ2v) is 13.8. The van der Waals surface area contributed by atoms with E-state index in [9.17, 15) is 8.42 Å². The predicted molar refractivity (Wildman–Crippen MR) is 78.1 cm³/mol. The molecule has 1 aliphatic rings. The first kappa shape index (κ1) is 14.7. The SMILES string of the molecule is CC(C)(C)[Si](C)(C)NS(=O)(=O)c1cnn2c1CCC2. The van der Waals surface area contributed by atoms with Crippen LogP contribution >= 0.6 is 0 Å². The van der Waals surface area contributed by atoms with E-state index >= 15 is 0 Å². The summed E-state index contributed by atoms with van der Waals surface area (Å²) in [5, 5.41) is 4.14. The molecule has 7 heteroatoms. The summed E-state index contributed by atoms with van der Waals surface area (Å²) in [6, 6.07) is 0. The van der Waals surface area contributed by atoms with E-state index in [2.05, 4.69) is 30.3 Å². The van der Waals surface area contributed by atoms with Crippen molar-refractivity contribution in [1.82, 2.24) is 14.2 Å². The molecule has 0 saturated carbocycles. The van der Waals surface area contributed by atoms with Crippen molar-refractivity contribution in [1.29, 1.82) is 0 Å². The Labute approximate surface area is 116 Å². The number of fused-ring (bicyclic) bond motifs is 1. The van der Waals surface area contributed by atoms with Gasteiger partial charge < -0.3 is 0 Å². The fourth-order valence-electron chi connectivity index (χ4n) is 2.00. The molecule has 2 heterocycles. The maximum absolute atomic E-state index is 12.6. The molecule has 2 rings (SSSR count). The molecule has 19 heavy (non-hydrogen) atoms. The molecule has 1 aliphatic heterocycles. The summed E-state index contributed by atoms with van der Waals surface area (Å²) in [5.74, 6) is 0. The van der Waals surface area contributed by atoms with Gasteiger partial charge in [0.25, 0.3) is 0 Å². The molecule has 0 bridgehead atoms. The van der Waals surface area contributed by atoms with Crippen LogP contribution in [0.5, 0.6) is 0 Å². The Hall–Kier alpha value is -0.663. The van der Waals surface area contributed by atoms with Crippen LogP contribution in [0.4, 0.5) is 0 Å². The molecule has 108 valence electrons. The monoisotopic (exact) mass is 301 g/mol. The highest BCUT2D eigenvalue weighted by atomic mass is 32.2. The molecule has 0 radical (unpaired) electrons. The molecule has 0 saturated heterocycles. The number of hydrogen-bond acceptors (Lipinski definition) is 3. The molecule has 1 aromatic rings. The van der Waals surface area contributed by atoms with E-state index in [4.69, 9.17) is 0 Å². The highest BCUT2D eigenvalue weighted by Gasteiger charge is 2.40. The molecule has 0 aliphatic carbocycles. The number of hydrogen-bond donors (Lipinski definition) is 1. The van der Waals surface area contributed by atoms with Gasteiger partial charge in [0.2, 0.25) is 10.0 Å². The molecule has 5 nitrogen and oxygen atoms in total. The molecular formula is C12H23N3O2SSi. The normalized spacial score (nSPS) is 16.7. The third-order valence-electron chi connectivity index (χ3n) is 4.25. The Morgan fingerprint density at radius 2 is 2.00 bits per heavy atom. The van der Waals surface area contributed by atoms with Gasteiger partial charge in [-0.25, -0.2) is 12.8 Å². The van der Waals surface area contributed by atoms with Gasteiger partial charge in [-0.05, 0) is 17.9 Å². The molecule has 0 amide bonds. The number of nitrogens with zero attached hydrogens (tertiary/aromatic N) is 2. The fourth-order valence-corrected chi connectivity index (χ4v) is 7.06. The highest BCUT2D eigenvalue weighted by Crippen LogP contribution is 2.35. The first-order chi connectivity index (χ1) is 8.55. The zero-order chi connectivity index (χ0) is 14.5. The van der Waals surface area contributed by atoms with Gasteiger partial charge in [0.05, 0.1) is 11.9 Å². The zero-order valence-electron chi connectivity index (χ0n) is 12.3. The number of rotatable bonds is 3. The van der Waals surface area contributed by atoms with Gasteiger partial charge in [-0.1, -0.05) is 33.9 Å². The minimum Gasteiger partial charge on any atom is -0.268 e. The van der Waals surface area contributed by atoms with Crippen LogP contribution in [0, 0.1) is 0 Å². The van der Waals surface area contributed by atoms with Crippen LogP contribution in [0.2, 0.25) is 18.1 Å². The lowest BCUT2D eigenvalue weighted by Crippen LogP contribution is -2.54. The number of aromatic nitrogens is 2. The fraction of sp³-hybridized carbons (Fsp3) is 0.750. The largest absolute Gasteiger partial charge is 0.268 e. The van der Waals surface area contributed by atoms with Gasteiger partial charge in [-0.15, -0.1) is 0 Å². The second kappa shape index (κ2) is 4.42. The molecule has 1 N–H and O–H groups in total. The van der Waals surface area contributed by atoms with Gasteiger partial charge in [0.15, 0.2) is 0 Å². The molecule has 0 atom stereocenters. The Balaban J connectivity index is 2.34. The van der Waals surface area contributed by atoms with Gasteiger partial charge in [0, 0.05) is 6.54 Å². The van der Waals surface area contributed by atoms with Crippen LogP contribution in [-0.2, 0) is 23.0 Å². The molecule has 0 fully saturated rings. The lowest BCUT2D eigenvalue weighted by Gasteiger charge is -2.36. The quantitative estimate of drug-likeness (QED) is 0.870. The first-order valence-electron chi connectivity index (χ1n) is 6.63. The van der Waals surface area contributed by atoms with Crippen molar-refractivity contribution in [2.75, 3.05) is 0 Å². The first-order valence-corrected chi connectivity index (χ1v) is 11.1. The molecular weight excluding hydrogens is 278 g/mol. The predicted octanol–water partition coefficient (Wildman–Crippen LogP) is 2.11. The Morgan fingerprint density at radius 3 is 2.58 bits per heavy atom. The van der Waals surface area contributed by atoms with Crippen LogP contribution in [0.25, 0.3) is 0 Å². The van der Waals surface area contributed by atoms with Gasteiger partial charge >= 0.3 is 0 Å². The lowest BCUT2D eigenvalue weighted by molar-refractivity contribution is 0.588. The molecule has 0 spiro atoms. The van der Waals surface area contributed by atoms with E-state index < -0.39 is 18.3 Å². The lowest BCUT2D eigenvalue weighted by atomic mass is 10.2. The summed E-state index contributed by atoms with van der Waals surface area (Å²) in [7, 11) is -5.56. The van der Waals surface area contributed by atoms with Crippen LogP contribution in [0.15, 0.2) is 11.1 Å². The Bertz CT molecular complexity index is 585. The smallest absolute Gasteiger partial charge is 0.238 e. The Kier molecular flexibility index (Phi) is 3.43. The molecule has 0 aromatic carbocycles. The third-order valence-corrected chi connectivity index (χ3v) is 12.0. The van der Waals surface area contributed by atoms with Crippen molar-refractivity contribution in [3.05, 3.63) is 11.9 Å². The maximum atomic E-state index is 12.6. The van der Waals surface area contributed by atoms with Crippen LogP contribution in [-0.4, -0.2) is 26.4 Å². The number of nitrogens with one attached hydrogen (secondary N) is 1. The highest BCUT2D eigenvalue weighted by molar-refractivity contribution is 7.91. The summed E-state index contributed by atoms with van der Waals surface area (Å²) in [4.78, 5) is 0.370. The van der Waals surface area contributed by atoms with Crippen molar-refractivity contribution < 1.29 is 8.42 Å². The summed E-state index contributed by atoms with van der Waals surface area (Å²) >= 11 is 0. The number of aryl methyl sites for hydroxylation is 1. The zero-order valence-corrected chi connectivity index (χ0v) is 14.1. The van der Waals surface area contributed by atoms with Gasteiger partial charge in [-0.2, -0.15) is 5.10 Å². The van der Waals surface area contributed by atoms with E-state index in [0.29, 0.717) is 4.90 Å². The maximum Gasteiger partial charge on any atom is 0.238 e. The Morgan fingerprint density at radius 1 is 1.37 bits per heavy atom. The van der Waals surface area contributed by atoms with Gasteiger partial charge in [-0.3, -0.25) is 4.68 Å². The molecule has 1 aromatic heterocycles. The number of sulfonamides is 1. The minimum atomic E-state index is -3.45. The van der Waals surface area contributed by atoms with Crippen molar-refractivity contribution in [3.63, 3.8) is 0 Å². The van der Waals surface area contributed by atoms with E-state index in [1.807, 2.05) is 13.1 Å². The van der Waals surface area contributed by atoms with Crippen molar-refractivity contribution >= 4 is 18.3 Å². The summed E-state index contributed by atoms with van der Waals surface area (Å²) in [5.41, 5.74) is 0.853. The van der Waals surface area contributed by atoms with Crippen LogP contribution in [0.1, 0.15) is 32.9 Å². The summed E-state index contributed by atoms with van der Waals surface area (Å²) in [6.45, 7) is 11.2. The van der Waals surface area contributed by atoms with Crippen molar-refractivity contribution in [2.24, 2.45) is 0 Å². The van der Waals surface area contributed by atoms with Gasteiger partial charge in [0.1, 0.15) is 13.1 Å². The average Bonchev–Trinajstić information content (AvgIpc) is 2.72. The minimum absolute atomic E-state index is 0.0313. The van der Waals surface area contributed by atoms with E-state index in [-0.39, 0.29) is 5.04 Å². The third kappa shape index (κ3) is 2.64. The average molecular weight is 301 g/mol. The van der Waals surface area contributed by atoms with Crippen molar-refractivity contribution in [3.8, 4) is 0 Å². The topological polar surface area (TPSA) is 64.0 Å². The van der Waals surface area contributed by atoms with Crippen LogP contribution < -0.4 is 4.39 Å². The second-order valence-electron chi connectivity index (χ2n) is 6.76. The van der Waals surface area contributed by atoms with E-state index in [1.165, 1.54) is 6.20 Å². The van der Waals surface area contributed by atoms with E-state index in [1.54, 1.807) is 4.68 Å². The van der Waals surface area contributed by atoms with Crippen LogP contribution in [0.3, 0.4) is 0 Å².